The minimum Gasteiger partial charge on any atom is -0.298 e. The molecule has 0 atom stereocenters. The van der Waals surface area contributed by atoms with Crippen LogP contribution in [0.5, 0.6) is 0 Å². The van der Waals surface area contributed by atoms with E-state index in [9.17, 15) is 19.7 Å². The van der Waals surface area contributed by atoms with Crippen molar-refractivity contribution >= 4 is 58.4 Å². The zero-order valence-electron chi connectivity index (χ0n) is 17.2. The summed E-state index contributed by atoms with van der Waals surface area (Å²) in [5, 5.41) is 14.8. The van der Waals surface area contributed by atoms with Crippen LogP contribution in [-0.4, -0.2) is 26.8 Å². The number of nitrogens with one attached hydrogen (secondary N) is 1. The van der Waals surface area contributed by atoms with E-state index in [0.717, 1.165) is 17.3 Å². The van der Waals surface area contributed by atoms with Crippen molar-refractivity contribution in [3.05, 3.63) is 93.7 Å². The zero-order chi connectivity index (χ0) is 23.5. The summed E-state index contributed by atoms with van der Waals surface area (Å²) in [7, 11) is 0. The Morgan fingerprint density at radius 2 is 1.88 bits per heavy atom. The number of aryl methyl sites for hydroxylation is 1. The Bertz CT molecular complexity index is 1310. The van der Waals surface area contributed by atoms with Gasteiger partial charge in [-0.25, -0.2) is 4.98 Å². The summed E-state index contributed by atoms with van der Waals surface area (Å²) in [4.78, 5) is 42.6. The van der Waals surface area contributed by atoms with Crippen molar-refractivity contribution < 1.29 is 14.5 Å². The van der Waals surface area contributed by atoms with Gasteiger partial charge in [0.05, 0.1) is 15.5 Å². The normalized spacial score (nSPS) is 15.0. The predicted molar refractivity (Wildman–Crippen MR) is 129 cm³/mol. The first-order chi connectivity index (χ1) is 15.8. The van der Waals surface area contributed by atoms with Crippen LogP contribution in [0.25, 0.3) is 6.08 Å². The van der Waals surface area contributed by atoms with Gasteiger partial charge in [-0.3, -0.25) is 29.9 Å². The highest BCUT2D eigenvalue weighted by molar-refractivity contribution is 7.99. The summed E-state index contributed by atoms with van der Waals surface area (Å²) >= 11 is 6.35. The molecule has 164 valence electrons. The molecular weight excluding hydrogens is 460 g/mol. The Labute approximate surface area is 198 Å². The number of nitro benzene ring substituents is 1. The van der Waals surface area contributed by atoms with E-state index in [0.29, 0.717) is 21.2 Å². The van der Waals surface area contributed by atoms with Gasteiger partial charge in [0, 0.05) is 12.3 Å². The van der Waals surface area contributed by atoms with Crippen molar-refractivity contribution in [3.8, 4) is 0 Å². The van der Waals surface area contributed by atoms with Crippen LogP contribution in [0.1, 0.15) is 11.1 Å². The van der Waals surface area contributed by atoms with E-state index >= 15 is 0 Å². The molecule has 2 aromatic carbocycles. The molecule has 0 aliphatic carbocycles. The van der Waals surface area contributed by atoms with E-state index in [2.05, 4.69) is 10.3 Å². The predicted octanol–water partition coefficient (Wildman–Crippen LogP) is 4.28. The molecule has 2 amide bonds. The number of nitro groups is 1. The standard InChI is InChI=1S/C23H16N4O4S2/c1-14-5-8-16(9-6-14)26-22(29)17(21(28)25-23(26)32)12-15-7-10-19(18(13-15)27(30)31)33-20-4-2-3-11-24-20/h2-13H,1H3,(H,25,28,32)/b17-12+. The number of amides is 2. The van der Waals surface area contributed by atoms with Crippen LogP contribution in [0.3, 0.4) is 0 Å². The summed E-state index contributed by atoms with van der Waals surface area (Å²) < 4.78 is 0. The first-order valence-corrected chi connectivity index (χ1v) is 10.9. The Hall–Kier alpha value is -3.89. The Kier molecular flexibility index (Phi) is 6.29. The number of hydrogen-bond donors (Lipinski definition) is 1. The smallest absolute Gasteiger partial charge is 0.283 e. The number of nitrogens with zero attached hydrogens (tertiary/aromatic N) is 3. The van der Waals surface area contributed by atoms with E-state index in [4.69, 9.17) is 12.2 Å². The van der Waals surface area contributed by atoms with Crippen LogP contribution < -0.4 is 10.2 Å². The lowest BCUT2D eigenvalue weighted by Crippen LogP contribution is -2.54. The summed E-state index contributed by atoms with van der Waals surface area (Å²) in [5.41, 5.74) is 1.51. The number of thiocarbonyl (C=S) groups is 1. The molecular formula is C23H16N4O4S2. The molecule has 0 saturated carbocycles. The molecule has 1 saturated heterocycles. The Morgan fingerprint density at radius 1 is 1.12 bits per heavy atom. The second-order valence-electron chi connectivity index (χ2n) is 7.05. The molecule has 2 heterocycles. The van der Waals surface area contributed by atoms with Crippen molar-refractivity contribution in [3.63, 3.8) is 0 Å². The van der Waals surface area contributed by atoms with Gasteiger partial charge in [-0.1, -0.05) is 41.6 Å². The number of rotatable bonds is 5. The lowest BCUT2D eigenvalue weighted by Gasteiger charge is -2.29. The zero-order valence-corrected chi connectivity index (χ0v) is 18.9. The first-order valence-electron chi connectivity index (χ1n) is 9.69. The average molecular weight is 477 g/mol. The van der Waals surface area contributed by atoms with Gasteiger partial charge in [0.2, 0.25) is 0 Å². The van der Waals surface area contributed by atoms with Crippen molar-refractivity contribution in [2.45, 2.75) is 16.8 Å². The minimum atomic E-state index is -0.664. The summed E-state index contributed by atoms with van der Waals surface area (Å²) in [6, 6.07) is 16.9. The molecule has 0 unspecified atom stereocenters. The van der Waals surface area contributed by atoms with E-state index in [1.165, 1.54) is 17.0 Å². The highest BCUT2D eigenvalue weighted by atomic mass is 32.2. The maximum Gasteiger partial charge on any atom is 0.283 e. The topological polar surface area (TPSA) is 105 Å². The van der Waals surface area contributed by atoms with Crippen LogP contribution >= 0.6 is 24.0 Å². The molecule has 1 aliphatic rings. The van der Waals surface area contributed by atoms with Gasteiger partial charge in [0.1, 0.15) is 10.6 Å². The van der Waals surface area contributed by atoms with Crippen molar-refractivity contribution in [1.29, 1.82) is 0 Å². The maximum atomic E-state index is 13.1. The molecule has 10 heteroatoms. The third-order valence-electron chi connectivity index (χ3n) is 4.74. The van der Waals surface area contributed by atoms with Gasteiger partial charge in [0.25, 0.3) is 17.5 Å². The fourth-order valence-corrected chi connectivity index (χ4v) is 4.27. The fourth-order valence-electron chi connectivity index (χ4n) is 3.13. The third kappa shape index (κ3) is 4.81. The average Bonchev–Trinajstić information content (AvgIpc) is 2.79. The molecule has 0 radical (unpaired) electrons. The molecule has 1 aromatic heterocycles. The third-order valence-corrected chi connectivity index (χ3v) is 6.04. The van der Waals surface area contributed by atoms with Crippen LogP contribution in [0, 0.1) is 17.0 Å². The lowest BCUT2D eigenvalue weighted by atomic mass is 10.1. The molecule has 1 N–H and O–H groups in total. The van der Waals surface area contributed by atoms with Crippen molar-refractivity contribution in [2.24, 2.45) is 0 Å². The van der Waals surface area contributed by atoms with Gasteiger partial charge in [-0.05, 0) is 61.1 Å². The summed E-state index contributed by atoms with van der Waals surface area (Å²) in [5.74, 6) is -1.27. The molecule has 8 nitrogen and oxygen atoms in total. The van der Waals surface area contributed by atoms with Gasteiger partial charge in [0.15, 0.2) is 5.11 Å². The first kappa shape index (κ1) is 22.3. The number of aromatic nitrogens is 1. The highest BCUT2D eigenvalue weighted by Crippen LogP contribution is 2.35. The van der Waals surface area contributed by atoms with E-state index in [1.54, 1.807) is 48.7 Å². The molecule has 1 aliphatic heterocycles. The van der Waals surface area contributed by atoms with Gasteiger partial charge >= 0.3 is 0 Å². The highest BCUT2D eigenvalue weighted by Gasteiger charge is 2.34. The van der Waals surface area contributed by atoms with Crippen LogP contribution in [0.4, 0.5) is 11.4 Å². The quantitative estimate of drug-likeness (QED) is 0.193. The van der Waals surface area contributed by atoms with Gasteiger partial charge in [-0.2, -0.15) is 0 Å². The monoisotopic (exact) mass is 476 g/mol. The molecule has 33 heavy (non-hydrogen) atoms. The summed E-state index contributed by atoms with van der Waals surface area (Å²) in [6.45, 7) is 1.91. The second kappa shape index (κ2) is 9.31. The molecule has 0 bridgehead atoms. The summed E-state index contributed by atoms with van der Waals surface area (Å²) in [6.07, 6.45) is 2.92. The van der Waals surface area contributed by atoms with Gasteiger partial charge < -0.3 is 0 Å². The number of hydrogen-bond acceptors (Lipinski definition) is 7. The van der Waals surface area contributed by atoms with Crippen molar-refractivity contribution in [1.82, 2.24) is 10.3 Å². The molecule has 1 fully saturated rings. The van der Waals surface area contributed by atoms with Crippen molar-refractivity contribution in [2.75, 3.05) is 4.90 Å². The fraction of sp³-hybridized carbons (Fsp3) is 0.0435. The Balaban J connectivity index is 1.69. The van der Waals surface area contributed by atoms with Crippen LogP contribution in [0.2, 0.25) is 0 Å². The number of pyridine rings is 1. The largest absolute Gasteiger partial charge is 0.298 e. The van der Waals surface area contributed by atoms with Crippen LogP contribution in [-0.2, 0) is 9.59 Å². The van der Waals surface area contributed by atoms with E-state index in [1.807, 2.05) is 19.1 Å². The van der Waals surface area contributed by atoms with E-state index in [-0.39, 0.29) is 16.4 Å². The molecule has 0 spiro atoms. The van der Waals surface area contributed by atoms with E-state index < -0.39 is 16.7 Å². The number of carbonyl (C=O) groups is 2. The Morgan fingerprint density at radius 3 is 2.55 bits per heavy atom. The SMILES string of the molecule is Cc1ccc(N2C(=O)/C(=C/c3ccc(Sc4ccccn4)c([N+](=O)[O-])c3)C(=O)NC2=S)cc1. The minimum absolute atomic E-state index is 0.0286. The maximum absolute atomic E-state index is 13.1. The number of carbonyl (C=O) groups excluding carboxylic acids is 2. The van der Waals surface area contributed by atoms with Gasteiger partial charge in [-0.15, -0.1) is 0 Å². The number of anilines is 1. The second-order valence-corrected chi connectivity index (χ2v) is 8.50. The molecule has 4 rings (SSSR count). The van der Waals surface area contributed by atoms with Crippen LogP contribution in [0.15, 0.2) is 82.4 Å². The lowest BCUT2D eigenvalue weighted by molar-refractivity contribution is -0.387. The number of benzene rings is 2. The molecule has 3 aromatic rings.